The van der Waals surface area contributed by atoms with Gasteiger partial charge >= 0.3 is 0 Å². The first kappa shape index (κ1) is 16.4. The number of halogens is 1. The van der Waals surface area contributed by atoms with Crippen LogP contribution in [0.15, 0.2) is 42.6 Å². The van der Waals surface area contributed by atoms with Crippen molar-refractivity contribution < 1.29 is 9.18 Å². The molecule has 126 valence electrons. The number of para-hydroxylation sites is 1. The van der Waals surface area contributed by atoms with Crippen LogP contribution in [0.1, 0.15) is 16.8 Å². The van der Waals surface area contributed by atoms with Crippen molar-refractivity contribution in [2.24, 2.45) is 0 Å². The number of likely N-dealkylation sites (N-methyl/N-ethyl adjacent to an activating group) is 1. The van der Waals surface area contributed by atoms with Gasteiger partial charge in [0.25, 0.3) is 5.91 Å². The summed E-state index contributed by atoms with van der Waals surface area (Å²) in [5.74, 6) is -0.0691. The standard InChI is InChI=1S/C18H21FN4O/c1-22-10-5-11-23(13-12-22)18(24)14-6-4-9-20-17(14)21-16-8-3-2-7-15(16)19/h2-4,6-9H,5,10-13H2,1H3,(H,20,21). The number of nitrogens with one attached hydrogen (secondary N) is 1. The number of rotatable bonds is 3. The highest BCUT2D eigenvalue weighted by Gasteiger charge is 2.22. The Balaban J connectivity index is 1.83. The minimum atomic E-state index is -0.377. The van der Waals surface area contributed by atoms with Crippen molar-refractivity contribution in [2.75, 3.05) is 38.5 Å². The van der Waals surface area contributed by atoms with E-state index >= 15 is 0 Å². The molecule has 6 heteroatoms. The van der Waals surface area contributed by atoms with Crippen molar-refractivity contribution in [3.8, 4) is 0 Å². The third kappa shape index (κ3) is 3.71. The molecule has 2 heterocycles. The van der Waals surface area contributed by atoms with Crippen LogP contribution in [0.2, 0.25) is 0 Å². The van der Waals surface area contributed by atoms with Crippen molar-refractivity contribution in [3.05, 3.63) is 54.0 Å². The predicted molar refractivity (Wildman–Crippen MR) is 91.9 cm³/mol. The van der Waals surface area contributed by atoms with Gasteiger partial charge in [0.15, 0.2) is 0 Å². The van der Waals surface area contributed by atoms with E-state index in [2.05, 4.69) is 22.2 Å². The van der Waals surface area contributed by atoms with Gasteiger partial charge in [-0.3, -0.25) is 4.79 Å². The van der Waals surface area contributed by atoms with E-state index in [1.807, 2.05) is 4.90 Å². The molecule has 1 aromatic carbocycles. The van der Waals surface area contributed by atoms with Crippen molar-refractivity contribution in [1.29, 1.82) is 0 Å². The van der Waals surface area contributed by atoms with E-state index in [9.17, 15) is 9.18 Å². The molecular formula is C18H21FN4O. The van der Waals surface area contributed by atoms with Crippen LogP contribution in [0.25, 0.3) is 0 Å². The highest BCUT2D eigenvalue weighted by molar-refractivity contribution is 5.99. The molecule has 0 spiro atoms. The van der Waals surface area contributed by atoms with Crippen LogP contribution < -0.4 is 5.32 Å². The highest BCUT2D eigenvalue weighted by atomic mass is 19.1. The Labute approximate surface area is 141 Å². The second-order valence-electron chi connectivity index (χ2n) is 5.95. The molecule has 2 aromatic rings. The van der Waals surface area contributed by atoms with Crippen LogP contribution in [0.4, 0.5) is 15.9 Å². The summed E-state index contributed by atoms with van der Waals surface area (Å²) in [6, 6.07) is 9.81. The van der Waals surface area contributed by atoms with E-state index in [-0.39, 0.29) is 11.7 Å². The molecule has 0 saturated carbocycles. The van der Waals surface area contributed by atoms with E-state index in [4.69, 9.17) is 0 Å². The number of pyridine rings is 1. The van der Waals surface area contributed by atoms with Gasteiger partial charge in [-0.2, -0.15) is 0 Å². The molecule has 3 rings (SSSR count). The Bertz CT molecular complexity index is 722. The smallest absolute Gasteiger partial charge is 0.257 e. The van der Waals surface area contributed by atoms with Crippen LogP contribution in [-0.4, -0.2) is 53.9 Å². The second kappa shape index (κ2) is 7.40. The van der Waals surface area contributed by atoms with E-state index in [1.165, 1.54) is 6.07 Å². The first-order valence-electron chi connectivity index (χ1n) is 8.09. The maximum absolute atomic E-state index is 13.9. The number of nitrogens with zero attached hydrogens (tertiary/aromatic N) is 3. The Morgan fingerprint density at radius 3 is 2.79 bits per heavy atom. The Morgan fingerprint density at radius 1 is 1.12 bits per heavy atom. The molecule has 1 aliphatic rings. The van der Waals surface area contributed by atoms with Gasteiger partial charge in [0.2, 0.25) is 0 Å². The molecule has 1 amide bonds. The first-order valence-corrected chi connectivity index (χ1v) is 8.09. The minimum Gasteiger partial charge on any atom is -0.337 e. The maximum Gasteiger partial charge on any atom is 0.257 e. The summed E-state index contributed by atoms with van der Waals surface area (Å²) in [6.07, 6.45) is 2.54. The molecule has 0 unspecified atom stereocenters. The zero-order valence-corrected chi connectivity index (χ0v) is 13.7. The zero-order chi connectivity index (χ0) is 16.9. The number of anilines is 2. The molecule has 1 aliphatic heterocycles. The zero-order valence-electron chi connectivity index (χ0n) is 13.7. The summed E-state index contributed by atoms with van der Waals surface area (Å²) >= 11 is 0. The summed E-state index contributed by atoms with van der Waals surface area (Å²) in [7, 11) is 2.06. The lowest BCUT2D eigenvalue weighted by atomic mass is 10.2. The van der Waals surface area contributed by atoms with Crippen LogP contribution in [0.3, 0.4) is 0 Å². The topological polar surface area (TPSA) is 48.5 Å². The normalized spacial score (nSPS) is 15.8. The molecular weight excluding hydrogens is 307 g/mol. The molecule has 5 nitrogen and oxygen atoms in total. The van der Waals surface area contributed by atoms with E-state index < -0.39 is 0 Å². The molecule has 0 atom stereocenters. The van der Waals surface area contributed by atoms with Crippen molar-refractivity contribution in [1.82, 2.24) is 14.8 Å². The highest BCUT2D eigenvalue weighted by Crippen LogP contribution is 2.22. The molecule has 0 aliphatic carbocycles. The molecule has 1 saturated heterocycles. The molecule has 1 aromatic heterocycles. The summed E-state index contributed by atoms with van der Waals surface area (Å²) in [5, 5.41) is 2.94. The fourth-order valence-electron chi connectivity index (χ4n) is 2.79. The number of benzene rings is 1. The molecule has 0 bridgehead atoms. The van der Waals surface area contributed by atoms with E-state index in [1.54, 1.807) is 36.5 Å². The number of hydrogen-bond donors (Lipinski definition) is 1. The predicted octanol–water partition coefficient (Wildman–Crippen LogP) is 2.74. The van der Waals surface area contributed by atoms with Gasteiger partial charge in [0, 0.05) is 25.8 Å². The van der Waals surface area contributed by atoms with Crippen molar-refractivity contribution in [2.45, 2.75) is 6.42 Å². The van der Waals surface area contributed by atoms with Crippen LogP contribution >= 0.6 is 0 Å². The average Bonchev–Trinajstić information content (AvgIpc) is 2.81. The first-order chi connectivity index (χ1) is 11.6. The maximum atomic E-state index is 13.9. The monoisotopic (exact) mass is 328 g/mol. The summed E-state index contributed by atoms with van der Waals surface area (Å²) in [5.41, 5.74) is 0.770. The van der Waals surface area contributed by atoms with Gasteiger partial charge in [-0.1, -0.05) is 12.1 Å². The fourth-order valence-corrected chi connectivity index (χ4v) is 2.79. The lowest BCUT2D eigenvalue weighted by Crippen LogP contribution is -2.34. The van der Waals surface area contributed by atoms with Crippen LogP contribution in [0, 0.1) is 5.82 Å². The number of carbonyl (C=O) groups is 1. The van der Waals surface area contributed by atoms with Gasteiger partial charge < -0.3 is 15.1 Å². The summed E-state index contributed by atoms with van der Waals surface area (Å²) < 4.78 is 13.9. The van der Waals surface area contributed by atoms with Crippen LogP contribution in [-0.2, 0) is 0 Å². The van der Waals surface area contributed by atoms with Gasteiger partial charge in [-0.15, -0.1) is 0 Å². The fraction of sp³-hybridized carbons (Fsp3) is 0.333. The second-order valence-corrected chi connectivity index (χ2v) is 5.95. The summed E-state index contributed by atoms with van der Waals surface area (Å²) in [6.45, 7) is 3.24. The van der Waals surface area contributed by atoms with Gasteiger partial charge in [0.05, 0.1) is 11.3 Å². The van der Waals surface area contributed by atoms with Gasteiger partial charge in [-0.05, 0) is 44.3 Å². The van der Waals surface area contributed by atoms with Crippen molar-refractivity contribution >= 4 is 17.4 Å². The third-order valence-corrected chi connectivity index (χ3v) is 4.17. The Kier molecular flexibility index (Phi) is 5.05. The quantitative estimate of drug-likeness (QED) is 0.941. The summed E-state index contributed by atoms with van der Waals surface area (Å²) in [4.78, 5) is 21.2. The number of carbonyl (C=O) groups excluding carboxylic acids is 1. The lowest BCUT2D eigenvalue weighted by molar-refractivity contribution is 0.0763. The third-order valence-electron chi connectivity index (χ3n) is 4.17. The number of amides is 1. The Hall–Kier alpha value is -2.47. The van der Waals surface area contributed by atoms with Gasteiger partial charge in [-0.25, -0.2) is 9.37 Å². The van der Waals surface area contributed by atoms with Gasteiger partial charge in [0.1, 0.15) is 11.6 Å². The molecule has 1 N–H and O–H groups in total. The SMILES string of the molecule is CN1CCCN(C(=O)c2cccnc2Nc2ccccc2F)CC1. The van der Waals surface area contributed by atoms with E-state index in [0.717, 1.165) is 26.1 Å². The number of aromatic nitrogens is 1. The average molecular weight is 328 g/mol. The number of hydrogen-bond acceptors (Lipinski definition) is 4. The molecule has 0 radical (unpaired) electrons. The molecule has 24 heavy (non-hydrogen) atoms. The largest absolute Gasteiger partial charge is 0.337 e. The van der Waals surface area contributed by atoms with Crippen LogP contribution in [0.5, 0.6) is 0 Å². The van der Waals surface area contributed by atoms with E-state index in [0.29, 0.717) is 23.6 Å². The van der Waals surface area contributed by atoms with Crippen molar-refractivity contribution in [3.63, 3.8) is 0 Å². The minimum absolute atomic E-state index is 0.0720. The Morgan fingerprint density at radius 2 is 1.96 bits per heavy atom. The lowest BCUT2D eigenvalue weighted by Gasteiger charge is -2.22. The molecule has 1 fully saturated rings.